The van der Waals surface area contributed by atoms with Crippen molar-refractivity contribution < 1.29 is 26.7 Å². The number of nitrogens with one attached hydrogen (secondary N) is 1. The molecule has 0 spiro atoms. The first-order valence-corrected chi connectivity index (χ1v) is 7.23. The maximum Gasteiger partial charge on any atom is 0.416 e. The number of hydrogen-bond acceptors (Lipinski definition) is 2. The summed E-state index contributed by atoms with van der Waals surface area (Å²) < 4.78 is 62.9. The number of amides is 1. The van der Waals surface area contributed by atoms with Gasteiger partial charge in [-0.15, -0.1) is 0 Å². The van der Waals surface area contributed by atoms with Crippen molar-refractivity contribution in [3.63, 3.8) is 0 Å². The molecule has 1 fully saturated rings. The predicted octanol–water partition coefficient (Wildman–Crippen LogP) is 3.62. The molecule has 0 radical (unpaired) electrons. The van der Waals surface area contributed by atoms with Gasteiger partial charge >= 0.3 is 6.18 Å². The largest absolute Gasteiger partial charge is 0.416 e. The van der Waals surface area contributed by atoms with Crippen LogP contribution in [-0.2, 0) is 11.0 Å². The van der Waals surface area contributed by atoms with Gasteiger partial charge in [-0.05, 0) is 44.1 Å². The number of carbonyl (C=O) groups excluding carboxylic acids is 1. The number of alkyl halides is 5. The molecule has 1 aliphatic heterocycles. The monoisotopic (exact) mass is 336 g/mol. The van der Waals surface area contributed by atoms with Crippen molar-refractivity contribution in [1.82, 2.24) is 4.90 Å². The Morgan fingerprint density at radius 1 is 1.26 bits per heavy atom. The van der Waals surface area contributed by atoms with Crippen LogP contribution >= 0.6 is 0 Å². The number of piperidine rings is 1. The van der Waals surface area contributed by atoms with E-state index in [2.05, 4.69) is 5.32 Å². The number of rotatable bonds is 4. The van der Waals surface area contributed by atoms with E-state index in [9.17, 15) is 26.7 Å². The maximum atomic E-state index is 12.6. The van der Waals surface area contributed by atoms with Crippen molar-refractivity contribution >= 4 is 11.6 Å². The fourth-order valence-electron chi connectivity index (χ4n) is 2.54. The van der Waals surface area contributed by atoms with E-state index < -0.39 is 30.0 Å². The molecule has 1 aromatic carbocycles. The molecule has 0 atom stereocenters. The average molecular weight is 336 g/mol. The molecule has 1 amide bonds. The summed E-state index contributed by atoms with van der Waals surface area (Å²) in [5, 5.41) is 2.41. The molecule has 0 aromatic heterocycles. The summed E-state index contributed by atoms with van der Waals surface area (Å²) in [4.78, 5) is 13.6. The molecule has 1 heterocycles. The molecule has 8 heteroatoms. The molecule has 2 rings (SSSR count). The van der Waals surface area contributed by atoms with Crippen LogP contribution in [0.5, 0.6) is 0 Å². The van der Waals surface area contributed by atoms with Crippen LogP contribution in [0.2, 0.25) is 0 Å². The van der Waals surface area contributed by atoms with E-state index in [0.717, 1.165) is 12.1 Å². The van der Waals surface area contributed by atoms with Crippen LogP contribution in [0, 0.1) is 5.92 Å². The van der Waals surface area contributed by atoms with Gasteiger partial charge < -0.3 is 5.32 Å². The third kappa shape index (κ3) is 5.16. The molecule has 1 N–H and O–H groups in total. The first kappa shape index (κ1) is 17.7. The minimum atomic E-state index is -4.47. The van der Waals surface area contributed by atoms with E-state index in [4.69, 9.17) is 0 Å². The molecule has 0 unspecified atom stereocenters. The number of nitrogens with zero attached hydrogens (tertiary/aromatic N) is 1. The van der Waals surface area contributed by atoms with E-state index in [1.807, 2.05) is 0 Å². The second-order valence-electron chi connectivity index (χ2n) is 5.57. The molecule has 128 valence electrons. The van der Waals surface area contributed by atoms with E-state index in [1.165, 1.54) is 12.1 Å². The Kier molecular flexibility index (Phi) is 5.56. The van der Waals surface area contributed by atoms with Crippen LogP contribution in [0.15, 0.2) is 24.3 Å². The summed E-state index contributed by atoms with van der Waals surface area (Å²) in [7, 11) is 0. The van der Waals surface area contributed by atoms with Gasteiger partial charge in [-0.25, -0.2) is 8.78 Å². The fraction of sp³-hybridized carbons (Fsp3) is 0.533. The number of carbonyl (C=O) groups is 1. The normalized spacial score (nSPS) is 17.5. The summed E-state index contributed by atoms with van der Waals surface area (Å²) in [5.74, 6) is -1.10. The molecule has 1 saturated heterocycles. The lowest BCUT2D eigenvalue weighted by molar-refractivity contribution is -0.137. The SMILES string of the molecule is O=C(CN1CCC(C(F)F)CC1)Nc1cccc(C(F)(F)F)c1. The molecule has 0 bridgehead atoms. The van der Waals surface area contributed by atoms with Gasteiger partial charge in [0.25, 0.3) is 0 Å². The van der Waals surface area contributed by atoms with Crippen molar-refractivity contribution in [3.05, 3.63) is 29.8 Å². The van der Waals surface area contributed by atoms with Crippen LogP contribution in [-0.4, -0.2) is 36.9 Å². The number of halogens is 5. The Balaban J connectivity index is 1.86. The van der Waals surface area contributed by atoms with Gasteiger partial charge in [-0.3, -0.25) is 9.69 Å². The van der Waals surface area contributed by atoms with E-state index in [-0.39, 0.29) is 12.2 Å². The topological polar surface area (TPSA) is 32.3 Å². The third-order valence-electron chi connectivity index (χ3n) is 3.83. The molecular weight excluding hydrogens is 319 g/mol. The Labute approximate surface area is 130 Å². The Hall–Kier alpha value is -1.70. The summed E-state index contributed by atoms with van der Waals surface area (Å²) in [6.07, 6.45) is -6.20. The highest BCUT2D eigenvalue weighted by Gasteiger charge is 2.30. The molecule has 0 aliphatic carbocycles. The number of hydrogen-bond donors (Lipinski definition) is 1. The molecule has 1 aliphatic rings. The zero-order valence-electron chi connectivity index (χ0n) is 12.2. The predicted molar refractivity (Wildman–Crippen MR) is 75.2 cm³/mol. The lowest BCUT2D eigenvalue weighted by Crippen LogP contribution is -2.40. The van der Waals surface area contributed by atoms with Gasteiger partial charge in [-0.2, -0.15) is 13.2 Å². The average Bonchev–Trinajstić information content (AvgIpc) is 2.47. The quantitative estimate of drug-likeness (QED) is 0.852. The molecule has 0 saturated carbocycles. The summed E-state index contributed by atoms with van der Waals surface area (Å²) in [6.45, 7) is 0.738. The van der Waals surface area contributed by atoms with Crippen molar-refractivity contribution in [2.75, 3.05) is 25.0 Å². The number of likely N-dealkylation sites (tertiary alicyclic amines) is 1. The first-order chi connectivity index (χ1) is 10.8. The van der Waals surface area contributed by atoms with Gasteiger partial charge in [-0.1, -0.05) is 6.07 Å². The highest BCUT2D eigenvalue weighted by Crippen LogP contribution is 2.30. The van der Waals surface area contributed by atoms with Gasteiger partial charge in [0.2, 0.25) is 12.3 Å². The molecule has 23 heavy (non-hydrogen) atoms. The summed E-state index contributed by atoms with van der Waals surface area (Å²) in [5.41, 5.74) is -0.777. The maximum absolute atomic E-state index is 12.6. The van der Waals surface area contributed by atoms with Crippen molar-refractivity contribution in [2.45, 2.75) is 25.4 Å². The second-order valence-corrected chi connectivity index (χ2v) is 5.57. The number of anilines is 1. The van der Waals surface area contributed by atoms with Gasteiger partial charge in [0, 0.05) is 11.6 Å². The minimum Gasteiger partial charge on any atom is -0.325 e. The van der Waals surface area contributed by atoms with E-state index >= 15 is 0 Å². The van der Waals surface area contributed by atoms with Crippen LogP contribution in [0.25, 0.3) is 0 Å². The summed E-state index contributed by atoms with van der Waals surface area (Å²) in [6, 6.07) is 4.37. The smallest absolute Gasteiger partial charge is 0.325 e. The van der Waals surface area contributed by atoms with Crippen LogP contribution in [0.3, 0.4) is 0 Å². The van der Waals surface area contributed by atoms with Crippen LogP contribution < -0.4 is 5.32 Å². The van der Waals surface area contributed by atoms with Gasteiger partial charge in [0.15, 0.2) is 0 Å². The van der Waals surface area contributed by atoms with E-state index in [1.54, 1.807) is 4.90 Å². The van der Waals surface area contributed by atoms with Gasteiger partial charge in [0.1, 0.15) is 0 Å². The molecule has 3 nitrogen and oxygen atoms in total. The highest BCUT2D eigenvalue weighted by atomic mass is 19.4. The Morgan fingerprint density at radius 2 is 1.91 bits per heavy atom. The highest BCUT2D eigenvalue weighted by molar-refractivity contribution is 5.92. The standard InChI is InChI=1S/C15H17F5N2O/c16-14(17)10-4-6-22(7-5-10)9-13(23)21-12-3-1-2-11(8-12)15(18,19)20/h1-3,8,10,14H,4-7,9H2,(H,21,23). The van der Waals surface area contributed by atoms with Crippen LogP contribution in [0.4, 0.5) is 27.6 Å². The van der Waals surface area contributed by atoms with Gasteiger partial charge in [0.05, 0.1) is 12.1 Å². The van der Waals surface area contributed by atoms with Crippen molar-refractivity contribution in [3.8, 4) is 0 Å². The van der Waals surface area contributed by atoms with E-state index in [0.29, 0.717) is 25.9 Å². The van der Waals surface area contributed by atoms with Crippen molar-refractivity contribution in [1.29, 1.82) is 0 Å². The lowest BCUT2D eigenvalue weighted by Gasteiger charge is -2.30. The fourth-order valence-corrected chi connectivity index (χ4v) is 2.54. The Morgan fingerprint density at radius 3 is 2.48 bits per heavy atom. The third-order valence-corrected chi connectivity index (χ3v) is 3.83. The number of benzene rings is 1. The minimum absolute atomic E-state index is 0.0216. The first-order valence-electron chi connectivity index (χ1n) is 7.23. The van der Waals surface area contributed by atoms with Crippen molar-refractivity contribution in [2.24, 2.45) is 5.92 Å². The zero-order valence-corrected chi connectivity index (χ0v) is 12.2. The van der Waals surface area contributed by atoms with Crippen LogP contribution in [0.1, 0.15) is 18.4 Å². The zero-order chi connectivity index (χ0) is 17.0. The molecule has 1 aromatic rings. The summed E-state index contributed by atoms with van der Waals surface area (Å²) >= 11 is 0. The lowest BCUT2D eigenvalue weighted by atomic mass is 9.97. The Bertz CT molecular complexity index is 539. The molecular formula is C15H17F5N2O. The second kappa shape index (κ2) is 7.25.